The highest BCUT2D eigenvalue weighted by Crippen LogP contribution is 2.51. The normalized spacial score (nSPS) is 20.6. The average Bonchev–Trinajstić information content (AvgIpc) is 3.44. The standard InChI is InChI=1S/C34H61ClFN2O8PS/c1-5-8-10-12-13-14-15-16-18-20-23-48-31(21-19-17-11-9-6-2)27(4)45-46-47(41,42-22-7-3)43-26-30-29(36)24-32(44-30)38-25-28(35)33(39)37-34(38)40/h25,27,29-32H,5-24,26H2,1-4H3,(H,37,39,40)/t27?,29-,30+,31?,32+,47?/m0/s1. The van der Waals surface area contributed by atoms with Crippen LogP contribution in [0.3, 0.4) is 0 Å². The highest BCUT2D eigenvalue weighted by molar-refractivity contribution is 7.99. The molecule has 6 atom stereocenters. The van der Waals surface area contributed by atoms with Gasteiger partial charge in [0.15, 0.2) is 0 Å². The number of H-pyrrole nitrogens is 1. The van der Waals surface area contributed by atoms with Crippen LogP contribution in [0.1, 0.15) is 149 Å². The molecule has 10 nitrogen and oxygen atoms in total. The molecule has 48 heavy (non-hydrogen) atoms. The van der Waals surface area contributed by atoms with Crippen molar-refractivity contribution in [2.45, 2.75) is 173 Å². The van der Waals surface area contributed by atoms with Crippen molar-refractivity contribution in [1.82, 2.24) is 9.55 Å². The van der Waals surface area contributed by atoms with Gasteiger partial charge in [0.1, 0.15) is 29.6 Å². The van der Waals surface area contributed by atoms with Crippen molar-refractivity contribution < 1.29 is 32.3 Å². The summed E-state index contributed by atoms with van der Waals surface area (Å²) >= 11 is 7.72. The number of halogens is 2. The van der Waals surface area contributed by atoms with Gasteiger partial charge in [0.25, 0.3) is 5.56 Å². The Labute approximate surface area is 296 Å². The van der Waals surface area contributed by atoms with Gasteiger partial charge in [0, 0.05) is 17.9 Å². The zero-order chi connectivity index (χ0) is 35.2. The Hall–Kier alpha value is -0.720. The largest absolute Gasteiger partial charge is 0.502 e. The molecule has 1 fully saturated rings. The van der Waals surface area contributed by atoms with E-state index < -0.39 is 44.2 Å². The number of nitrogens with one attached hydrogen (secondary N) is 1. The summed E-state index contributed by atoms with van der Waals surface area (Å²) in [6.45, 7) is 7.83. The van der Waals surface area contributed by atoms with Crippen molar-refractivity contribution in [3.8, 4) is 0 Å². The molecule has 0 aromatic carbocycles. The summed E-state index contributed by atoms with van der Waals surface area (Å²) < 4.78 is 51.5. The van der Waals surface area contributed by atoms with Gasteiger partial charge in [-0.15, -0.1) is 4.67 Å². The predicted molar refractivity (Wildman–Crippen MR) is 193 cm³/mol. The molecule has 1 aromatic rings. The second kappa shape index (κ2) is 25.3. The topological polar surface area (TPSA) is 118 Å². The number of aromatic nitrogens is 2. The Balaban J connectivity index is 1.89. The Morgan fingerprint density at radius 1 is 0.958 bits per heavy atom. The molecule has 0 saturated carbocycles. The van der Waals surface area contributed by atoms with E-state index in [2.05, 4.69) is 18.8 Å². The number of unbranched alkanes of at least 4 members (excludes halogenated alkanes) is 13. The maximum Gasteiger partial charge on any atom is 0.502 e. The van der Waals surface area contributed by atoms with Crippen molar-refractivity contribution >= 4 is 31.2 Å². The quantitative estimate of drug-likeness (QED) is 0.0370. The SMILES string of the molecule is CCCCCCCCCCCCSC(CCCCCCC)C(C)OOP(=O)(OCCC)OC[C@H]1O[C@@H](n2cc(Cl)c(=O)[nH]c2=O)C[C@@H]1F. The molecule has 2 rings (SSSR count). The summed E-state index contributed by atoms with van der Waals surface area (Å²) in [5, 5.41) is -0.0900. The highest BCUT2D eigenvalue weighted by Gasteiger charge is 2.40. The minimum Gasteiger partial charge on any atom is -0.349 e. The molecule has 280 valence electrons. The number of hydrogen-bond acceptors (Lipinski definition) is 9. The van der Waals surface area contributed by atoms with E-state index in [0.717, 1.165) is 42.2 Å². The van der Waals surface area contributed by atoms with Crippen molar-refractivity contribution in [3.05, 3.63) is 32.1 Å². The Bertz CT molecular complexity index is 1160. The lowest BCUT2D eigenvalue weighted by Crippen LogP contribution is -2.32. The second-order valence-corrected chi connectivity index (χ2v) is 16.1. The zero-order valence-corrected chi connectivity index (χ0v) is 32.1. The number of ether oxygens (including phenoxy) is 1. The molecule has 1 aliphatic heterocycles. The van der Waals surface area contributed by atoms with Crippen molar-refractivity contribution in [1.29, 1.82) is 0 Å². The van der Waals surface area contributed by atoms with Crippen LogP contribution in [0, 0.1) is 0 Å². The third-order valence-corrected chi connectivity index (χ3v) is 11.6. The first-order valence-corrected chi connectivity index (χ1v) is 21.2. The van der Waals surface area contributed by atoms with E-state index in [4.69, 9.17) is 34.9 Å². The van der Waals surface area contributed by atoms with E-state index >= 15 is 0 Å². The fraction of sp³-hybridized carbons (Fsp3) is 0.882. The number of phosphoric acid groups is 1. The first-order valence-electron chi connectivity index (χ1n) is 18.3. The number of phosphoric ester groups is 1. The summed E-state index contributed by atoms with van der Waals surface area (Å²) in [7, 11) is -4.24. The molecule has 1 N–H and O–H groups in total. The van der Waals surface area contributed by atoms with E-state index in [0.29, 0.717) is 6.42 Å². The van der Waals surface area contributed by atoms with Crippen LogP contribution in [0.25, 0.3) is 0 Å². The summed E-state index contributed by atoms with van der Waals surface area (Å²) in [5.41, 5.74) is -1.53. The summed E-state index contributed by atoms with van der Waals surface area (Å²) in [6.07, 6.45) is 17.0. The van der Waals surface area contributed by atoms with E-state index in [-0.39, 0.29) is 29.4 Å². The van der Waals surface area contributed by atoms with E-state index in [1.165, 1.54) is 77.0 Å². The molecule has 14 heteroatoms. The summed E-state index contributed by atoms with van der Waals surface area (Å²) in [4.78, 5) is 31.6. The van der Waals surface area contributed by atoms with Gasteiger partial charge < -0.3 is 4.74 Å². The van der Waals surface area contributed by atoms with Crippen LogP contribution in [-0.2, 0) is 27.9 Å². The monoisotopic (exact) mass is 742 g/mol. The number of nitrogens with zero attached hydrogens (tertiary/aromatic N) is 1. The Kier molecular flexibility index (Phi) is 22.9. The zero-order valence-electron chi connectivity index (χ0n) is 29.6. The lowest BCUT2D eigenvalue weighted by Gasteiger charge is -2.25. The maximum atomic E-state index is 14.9. The maximum absolute atomic E-state index is 14.9. The van der Waals surface area contributed by atoms with Crippen LogP contribution < -0.4 is 11.2 Å². The van der Waals surface area contributed by atoms with Gasteiger partial charge in [0.2, 0.25) is 0 Å². The van der Waals surface area contributed by atoms with Gasteiger partial charge in [-0.1, -0.05) is 122 Å². The molecule has 3 unspecified atom stereocenters. The summed E-state index contributed by atoms with van der Waals surface area (Å²) in [6, 6.07) is 0. The van der Waals surface area contributed by atoms with Crippen LogP contribution in [0.4, 0.5) is 4.39 Å². The molecule has 0 spiro atoms. The minimum atomic E-state index is -4.24. The lowest BCUT2D eigenvalue weighted by atomic mass is 10.1. The second-order valence-electron chi connectivity index (χ2n) is 12.8. The number of hydrogen-bond donors (Lipinski definition) is 1. The first-order chi connectivity index (χ1) is 23.1. The molecule has 0 aliphatic carbocycles. The van der Waals surface area contributed by atoms with Gasteiger partial charge in [0.05, 0.1) is 13.2 Å². The van der Waals surface area contributed by atoms with Crippen LogP contribution in [-0.4, -0.2) is 52.1 Å². The van der Waals surface area contributed by atoms with Crippen molar-refractivity contribution in [2.24, 2.45) is 0 Å². The molecule has 2 heterocycles. The number of aromatic amines is 1. The third kappa shape index (κ3) is 17.0. The third-order valence-electron chi connectivity index (χ3n) is 8.48. The Morgan fingerprint density at radius 2 is 1.56 bits per heavy atom. The number of rotatable bonds is 29. The molecule has 1 aliphatic rings. The Morgan fingerprint density at radius 3 is 2.19 bits per heavy atom. The van der Waals surface area contributed by atoms with E-state index in [1.807, 2.05) is 25.6 Å². The van der Waals surface area contributed by atoms with Gasteiger partial charge >= 0.3 is 13.5 Å². The molecular weight excluding hydrogens is 682 g/mol. The highest BCUT2D eigenvalue weighted by atomic mass is 35.5. The van der Waals surface area contributed by atoms with Gasteiger partial charge in [-0.25, -0.2) is 18.6 Å². The van der Waals surface area contributed by atoms with Gasteiger partial charge in [-0.05, 0) is 31.9 Å². The van der Waals surface area contributed by atoms with Gasteiger partial charge in [-0.2, -0.15) is 11.8 Å². The van der Waals surface area contributed by atoms with Crippen LogP contribution in [0.5, 0.6) is 0 Å². The average molecular weight is 743 g/mol. The van der Waals surface area contributed by atoms with Crippen molar-refractivity contribution in [2.75, 3.05) is 19.0 Å². The number of alkyl halides is 1. The first kappa shape index (κ1) is 43.4. The van der Waals surface area contributed by atoms with Gasteiger partial charge in [-0.3, -0.25) is 23.4 Å². The van der Waals surface area contributed by atoms with Crippen LogP contribution >= 0.6 is 31.2 Å². The smallest absolute Gasteiger partial charge is 0.349 e. The van der Waals surface area contributed by atoms with Crippen LogP contribution in [0.15, 0.2) is 15.8 Å². The van der Waals surface area contributed by atoms with E-state index in [1.54, 1.807) is 0 Å². The lowest BCUT2D eigenvalue weighted by molar-refractivity contribution is -0.257. The number of thioether (sulfide) groups is 1. The summed E-state index contributed by atoms with van der Waals surface area (Å²) in [5.74, 6) is 1.02. The molecule has 1 aromatic heterocycles. The van der Waals surface area contributed by atoms with E-state index in [9.17, 15) is 18.5 Å². The molecule has 0 bridgehead atoms. The molecule has 0 radical (unpaired) electrons. The minimum absolute atomic E-state index is 0.0852. The van der Waals surface area contributed by atoms with Crippen molar-refractivity contribution in [3.63, 3.8) is 0 Å². The fourth-order valence-corrected chi connectivity index (χ4v) is 8.16. The molecule has 0 amide bonds. The fourth-order valence-electron chi connectivity index (χ4n) is 5.54. The predicted octanol–water partition coefficient (Wildman–Crippen LogP) is 10.1. The van der Waals surface area contributed by atoms with Crippen LogP contribution in [0.2, 0.25) is 5.02 Å². The molecule has 1 saturated heterocycles. The molecular formula is C34H61ClFN2O8PS.